The summed E-state index contributed by atoms with van der Waals surface area (Å²) in [6.07, 6.45) is 5.22. The molecule has 0 bridgehead atoms. The summed E-state index contributed by atoms with van der Waals surface area (Å²) in [5.74, 6) is -0.242. The van der Waals surface area contributed by atoms with Gasteiger partial charge in [-0.3, -0.25) is 4.79 Å². The number of carbonyl (C=O) groups excluding carboxylic acids is 1. The van der Waals surface area contributed by atoms with Crippen molar-refractivity contribution in [3.05, 3.63) is 53.1 Å². The Labute approximate surface area is 220 Å². The van der Waals surface area contributed by atoms with Crippen LogP contribution < -0.4 is 23.7 Å². The van der Waals surface area contributed by atoms with Crippen molar-refractivity contribution in [1.82, 2.24) is 0 Å². The van der Waals surface area contributed by atoms with Crippen LogP contribution in [0, 0.1) is 17.8 Å². The van der Waals surface area contributed by atoms with E-state index < -0.39 is 35.4 Å². The van der Waals surface area contributed by atoms with Gasteiger partial charge in [0.1, 0.15) is 5.60 Å². The predicted octanol–water partition coefficient (Wildman–Crippen LogP) is 3.28. The maximum absolute atomic E-state index is 13.4. The number of allylic oxidation sites excluding steroid dienone is 2. The van der Waals surface area contributed by atoms with E-state index in [0.717, 1.165) is 18.4 Å². The van der Waals surface area contributed by atoms with Crippen LogP contribution in [-0.2, 0) is 15.1 Å². The number of carbonyl (C=O) groups is 1. The number of aliphatic hydroxyl groups excluding tert-OH is 1. The van der Waals surface area contributed by atoms with E-state index in [0.29, 0.717) is 46.3 Å². The van der Waals surface area contributed by atoms with Gasteiger partial charge in [0.15, 0.2) is 23.0 Å². The highest BCUT2D eigenvalue weighted by Crippen LogP contribution is 2.59. The SMILES string of the molecule is COc1cc([C@@H]2c3cc4c(cc3[C@](O)([C@H](O)C3CC=CCC3)[C@H]3COC(=O)[C@H]23)OCO4)cc(OC)c1OC. The molecule has 1 saturated heterocycles. The fourth-order valence-corrected chi connectivity index (χ4v) is 6.77. The summed E-state index contributed by atoms with van der Waals surface area (Å²) in [5, 5.41) is 24.3. The summed E-state index contributed by atoms with van der Waals surface area (Å²) in [4.78, 5) is 13.4. The van der Waals surface area contributed by atoms with Crippen molar-refractivity contribution in [1.29, 1.82) is 0 Å². The van der Waals surface area contributed by atoms with E-state index in [-0.39, 0.29) is 19.3 Å². The number of benzene rings is 2. The quantitative estimate of drug-likeness (QED) is 0.434. The maximum Gasteiger partial charge on any atom is 0.310 e. The molecule has 2 N–H and O–H groups in total. The van der Waals surface area contributed by atoms with E-state index in [9.17, 15) is 15.0 Å². The first kappa shape index (κ1) is 24.9. The van der Waals surface area contributed by atoms with Gasteiger partial charge < -0.3 is 38.6 Å². The van der Waals surface area contributed by atoms with Crippen LogP contribution in [0.4, 0.5) is 0 Å². The van der Waals surface area contributed by atoms with Crippen molar-refractivity contribution in [2.45, 2.75) is 36.9 Å². The molecular weight excluding hydrogens is 492 g/mol. The molecule has 9 heteroatoms. The predicted molar refractivity (Wildman–Crippen MR) is 135 cm³/mol. The van der Waals surface area contributed by atoms with Crippen LogP contribution in [0.25, 0.3) is 0 Å². The summed E-state index contributed by atoms with van der Waals surface area (Å²) < 4.78 is 33.7. The summed E-state index contributed by atoms with van der Waals surface area (Å²) in [7, 11) is 4.60. The molecule has 2 aliphatic carbocycles. The second kappa shape index (κ2) is 9.39. The lowest BCUT2D eigenvalue weighted by Crippen LogP contribution is -2.56. The molecule has 0 radical (unpaired) electrons. The van der Waals surface area contributed by atoms with Gasteiger partial charge in [-0.1, -0.05) is 12.2 Å². The Morgan fingerprint density at radius 3 is 2.32 bits per heavy atom. The Morgan fingerprint density at radius 1 is 0.974 bits per heavy atom. The lowest BCUT2D eigenvalue weighted by Gasteiger charge is -2.49. The van der Waals surface area contributed by atoms with Gasteiger partial charge in [-0.25, -0.2) is 0 Å². The van der Waals surface area contributed by atoms with Crippen LogP contribution >= 0.6 is 0 Å². The highest BCUT2D eigenvalue weighted by atomic mass is 16.7. The van der Waals surface area contributed by atoms with Crippen LogP contribution in [0.3, 0.4) is 0 Å². The van der Waals surface area contributed by atoms with Crippen LogP contribution in [-0.4, -0.2) is 57.0 Å². The highest BCUT2D eigenvalue weighted by Gasteiger charge is 2.62. The zero-order valence-corrected chi connectivity index (χ0v) is 21.6. The molecule has 1 fully saturated rings. The lowest BCUT2D eigenvalue weighted by atomic mass is 9.57. The second-order valence-corrected chi connectivity index (χ2v) is 10.3. The number of methoxy groups -OCH3 is 3. The topological polar surface area (TPSA) is 113 Å². The number of hydrogen-bond donors (Lipinski definition) is 2. The molecule has 0 spiro atoms. The number of rotatable bonds is 6. The van der Waals surface area contributed by atoms with Gasteiger partial charge in [0.2, 0.25) is 12.5 Å². The Morgan fingerprint density at radius 2 is 1.68 bits per heavy atom. The first-order valence-corrected chi connectivity index (χ1v) is 12.9. The molecule has 6 rings (SSSR count). The second-order valence-electron chi connectivity index (χ2n) is 10.3. The van der Waals surface area contributed by atoms with Crippen LogP contribution in [0.1, 0.15) is 41.9 Å². The van der Waals surface area contributed by atoms with Crippen LogP contribution in [0.2, 0.25) is 0 Å². The van der Waals surface area contributed by atoms with Gasteiger partial charge in [-0.05, 0) is 66.1 Å². The Hall–Kier alpha value is -3.43. The largest absolute Gasteiger partial charge is 0.493 e. The Balaban J connectivity index is 1.59. The number of ether oxygens (including phenoxy) is 6. The van der Waals surface area contributed by atoms with Crippen LogP contribution in [0.15, 0.2) is 36.4 Å². The van der Waals surface area contributed by atoms with Crippen molar-refractivity contribution in [2.24, 2.45) is 17.8 Å². The fourth-order valence-electron chi connectivity index (χ4n) is 6.77. The van der Waals surface area contributed by atoms with Gasteiger partial charge >= 0.3 is 5.97 Å². The first-order chi connectivity index (χ1) is 18.4. The molecule has 1 unspecified atom stereocenters. The third-order valence-corrected chi connectivity index (χ3v) is 8.60. The molecule has 4 aliphatic rings. The summed E-state index contributed by atoms with van der Waals surface area (Å²) in [5.41, 5.74) is 0.171. The van der Waals surface area contributed by atoms with Crippen molar-refractivity contribution in [3.63, 3.8) is 0 Å². The molecule has 2 aliphatic heterocycles. The van der Waals surface area contributed by atoms with E-state index in [1.807, 2.05) is 24.3 Å². The van der Waals surface area contributed by atoms with Crippen molar-refractivity contribution >= 4 is 5.97 Å². The summed E-state index contributed by atoms with van der Waals surface area (Å²) in [6, 6.07) is 7.20. The smallest absolute Gasteiger partial charge is 0.310 e. The standard InChI is InChI=1S/C29H32O9/c1-33-22-9-16(10-23(34-2)26(22)35-3)24-17-11-20-21(38-14-37-20)12-18(17)29(32,19-13-36-28(31)25(19)24)27(30)15-7-5-4-6-8-15/h4-5,9-12,15,19,24-25,27,30,32H,6-8,13-14H2,1-3H3/t15?,19-,24+,25-,27+,29+/m0/s1. The summed E-state index contributed by atoms with van der Waals surface area (Å²) >= 11 is 0. The molecule has 0 saturated carbocycles. The number of aliphatic hydroxyl groups is 2. The average Bonchev–Trinajstić information content (AvgIpc) is 3.58. The fraction of sp³-hybridized carbons (Fsp3) is 0.483. The van der Waals surface area contributed by atoms with Gasteiger partial charge in [0.05, 0.1) is 40.0 Å². The van der Waals surface area contributed by atoms with E-state index in [2.05, 4.69) is 6.08 Å². The molecular formula is C29H32O9. The van der Waals surface area contributed by atoms with E-state index in [1.165, 1.54) is 21.3 Å². The number of cyclic esters (lactones) is 1. The van der Waals surface area contributed by atoms with Gasteiger partial charge in [-0.2, -0.15) is 0 Å². The van der Waals surface area contributed by atoms with Crippen molar-refractivity contribution < 1.29 is 43.4 Å². The van der Waals surface area contributed by atoms with E-state index >= 15 is 0 Å². The van der Waals surface area contributed by atoms with E-state index in [4.69, 9.17) is 28.4 Å². The normalized spacial score (nSPS) is 29.8. The molecule has 38 heavy (non-hydrogen) atoms. The van der Waals surface area contributed by atoms with E-state index in [1.54, 1.807) is 6.07 Å². The third-order valence-electron chi connectivity index (χ3n) is 8.60. The third kappa shape index (κ3) is 3.55. The van der Waals surface area contributed by atoms with Gasteiger partial charge in [-0.15, -0.1) is 0 Å². The average molecular weight is 525 g/mol. The molecule has 2 heterocycles. The molecule has 202 valence electrons. The molecule has 6 atom stereocenters. The maximum atomic E-state index is 13.4. The summed E-state index contributed by atoms with van der Waals surface area (Å²) in [6.45, 7) is 0.0464. The molecule has 0 amide bonds. The molecule has 2 aromatic carbocycles. The van der Waals surface area contributed by atoms with Gasteiger partial charge in [0, 0.05) is 11.8 Å². The zero-order chi connectivity index (χ0) is 26.6. The lowest BCUT2D eigenvalue weighted by molar-refractivity contribution is -0.159. The number of esters is 1. The van der Waals surface area contributed by atoms with Crippen LogP contribution in [0.5, 0.6) is 28.7 Å². The van der Waals surface area contributed by atoms with Gasteiger partial charge in [0.25, 0.3) is 0 Å². The minimum absolute atomic E-state index is 0.00553. The number of fused-ring (bicyclic) bond motifs is 3. The Kier molecular flexibility index (Phi) is 6.15. The molecule has 9 nitrogen and oxygen atoms in total. The minimum Gasteiger partial charge on any atom is -0.493 e. The zero-order valence-electron chi connectivity index (χ0n) is 21.6. The number of hydrogen-bond acceptors (Lipinski definition) is 9. The first-order valence-electron chi connectivity index (χ1n) is 12.9. The van der Waals surface area contributed by atoms with Crippen molar-refractivity contribution in [3.8, 4) is 28.7 Å². The van der Waals surface area contributed by atoms with Crippen molar-refractivity contribution in [2.75, 3.05) is 34.7 Å². The Bertz CT molecular complexity index is 1260. The minimum atomic E-state index is -1.74. The monoisotopic (exact) mass is 524 g/mol. The molecule has 0 aromatic heterocycles. The molecule has 2 aromatic rings. The highest BCUT2D eigenvalue weighted by molar-refractivity contribution is 5.79.